The second-order valence-electron chi connectivity index (χ2n) is 11.1. The van der Waals surface area contributed by atoms with Crippen molar-refractivity contribution in [2.75, 3.05) is 19.7 Å². The van der Waals surface area contributed by atoms with Gasteiger partial charge in [0.25, 0.3) is 0 Å². The van der Waals surface area contributed by atoms with Crippen LogP contribution in [0.5, 0.6) is 0 Å². The number of aliphatic hydroxyl groups is 1. The summed E-state index contributed by atoms with van der Waals surface area (Å²) in [5, 5.41) is 15.6. The molecule has 8 heteroatoms. The fraction of sp³-hybridized carbons (Fsp3) is 0.700. The Labute approximate surface area is 229 Å². The smallest absolute Gasteiger partial charge is 0.408 e. The summed E-state index contributed by atoms with van der Waals surface area (Å²) in [6, 6.07) is 3.75. The van der Waals surface area contributed by atoms with Gasteiger partial charge in [-0.1, -0.05) is 76.1 Å². The minimum atomic E-state index is -1.24. The summed E-state index contributed by atoms with van der Waals surface area (Å²) in [5.74, 6) is -0.774. The van der Waals surface area contributed by atoms with Gasteiger partial charge in [-0.25, -0.2) is 4.79 Å². The number of ether oxygens (including phenoxy) is 1. The normalized spacial score (nSPS) is 12.9. The van der Waals surface area contributed by atoms with E-state index in [9.17, 15) is 19.5 Å². The molecule has 216 valence electrons. The Morgan fingerprint density at radius 1 is 0.974 bits per heavy atom. The summed E-state index contributed by atoms with van der Waals surface area (Å²) >= 11 is 0. The number of nitrogens with zero attached hydrogens (tertiary/aromatic N) is 1. The van der Waals surface area contributed by atoms with Crippen LogP contribution in [-0.4, -0.2) is 59.3 Å². The van der Waals surface area contributed by atoms with Crippen molar-refractivity contribution in [2.45, 2.75) is 118 Å². The number of amides is 3. The number of carbonyl (C=O) groups is 3. The maximum absolute atomic E-state index is 13.9. The highest BCUT2D eigenvalue weighted by atomic mass is 16.6. The number of alkyl carbamates (subject to hydrolysis) is 1. The third kappa shape index (κ3) is 11.8. The van der Waals surface area contributed by atoms with Crippen LogP contribution in [0, 0.1) is 13.8 Å². The van der Waals surface area contributed by atoms with Gasteiger partial charge in [0.2, 0.25) is 11.8 Å². The lowest BCUT2D eigenvalue weighted by Gasteiger charge is -2.35. The molecule has 0 aliphatic heterocycles. The Kier molecular flexibility index (Phi) is 15.0. The number of rotatable bonds is 16. The Hall–Kier alpha value is -2.61. The summed E-state index contributed by atoms with van der Waals surface area (Å²) in [4.78, 5) is 41.5. The van der Waals surface area contributed by atoms with Gasteiger partial charge in [0.05, 0.1) is 6.61 Å². The highest BCUT2D eigenvalue weighted by Gasteiger charge is 2.36. The molecule has 2 atom stereocenters. The van der Waals surface area contributed by atoms with E-state index in [1.807, 2.05) is 32.0 Å². The van der Waals surface area contributed by atoms with Gasteiger partial charge in [-0.15, -0.1) is 0 Å². The molecule has 0 heterocycles. The van der Waals surface area contributed by atoms with Crippen molar-refractivity contribution in [3.63, 3.8) is 0 Å². The largest absolute Gasteiger partial charge is 0.444 e. The summed E-state index contributed by atoms with van der Waals surface area (Å²) in [5.41, 5.74) is 1.86. The van der Waals surface area contributed by atoms with E-state index in [0.717, 1.165) is 55.2 Å². The van der Waals surface area contributed by atoms with Crippen LogP contribution in [0.1, 0.15) is 109 Å². The molecular formula is C30H51N3O5. The fourth-order valence-corrected chi connectivity index (χ4v) is 4.25. The first-order valence-electron chi connectivity index (χ1n) is 14.2. The van der Waals surface area contributed by atoms with Gasteiger partial charge in [0.15, 0.2) is 0 Å². The molecule has 3 N–H and O–H groups in total. The number of carbonyl (C=O) groups excluding carboxylic acids is 3. The molecule has 8 nitrogen and oxygen atoms in total. The molecule has 0 spiro atoms. The molecule has 0 aromatic heterocycles. The van der Waals surface area contributed by atoms with Crippen molar-refractivity contribution < 1.29 is 24.2 Å². The summed E-state index contributed by atoms with van der Waals surface area (Å²) in [6.07, 6.45) is 7.09. The Morgan fingerprint density at radius 3 is 2.21 bits per heavy atom. The van der Waals surface area contributed by atoms with Crippen LogP contribution in [0.15, 0.2) is 18.2 Å². The van der Waals surface area contributed by atoms with E-state index >= 15 is 0 Å². The van der Waals surface area contributed by atoms with Crippen LogP contribution in [0.25, 0.3) is 0 Å². The van der Waals surface area contributed by atoms with E-state index in [2.05, 4.69) is 24.5 Å². The lowest BCUT2D eigenvalue weighted by Crippen LogP contribution is -2.54. The van der Waals surface area contributed by atoms with Crippen LogP contribution < -0.4 is 10.6 Å². The number of aliphatic hydroxyl groups excluding tert-OH is 1. The van der Waals surface area contributed by atoms with Crippen molar-refractivity contribution >= 4 is 17.9 Å². The number of benzene rings is 1. The zero-order valence-electron chi connectivity index (χ0n) is 24.7. The molecule has 38 heavy (non-hydrogen) atoms. The van der Waals surface area contributed by atoms with E-state index in [-0.39, 0.29) is 5.91 Å². The monoisotopic (exact) mass is 533 g/mol. The van der Waals surface area contributed by atoms with Crippen LogP contribution in [-0.2, 0) is 14.3 Å². The molecule has 0 aliphatic carbocycles. The first-order valence-corrected chi connectivity index (χ1v) is 14.2. The molecule has 0 saturated heterocycles. The summed E-state index contributed by atoms with van der Waals surface area (Å²) < 4.78 is 5.32. The Balaban J connectivity index is 3.38. The lowest BCUT2D eigenvalue weighted by molar-refractivity contribution is -0.143. The van der Waals surface area contributed by atoms with Crippen molar-refractivity contribution in [3.8, 4) is 0 Å². The minimum Gasteiger partial charge on any atom is -0.444 e. The van der Waals surface area contributed by atoms with Gasteiger partial charge in [-0.2, -0.15) is 0 Å². The molecule has 0 saturated carbocycles. The molecule has 0 bridgehead atoms. The van der Waals surface area contributed by atoms with Crippen LogP contribution >= 0.6 is 0 Å². The van der Waals surface area contributed by atoms with Gasteiger partial charge >= 0.3 is 6.09 Å². The van der Waals surface area contributed by atoms with Crippen molar-refractivity contribution in [3.05, 3.63) is 34.9 Å². The number of hydrogen-bond donors (Lipinski definition) is 3. The average Bonchev–Trinajstić information content (AvgIpc) is 2.84. The van der Waals surface area contributed by atoms with Gasteiger partial charge < -0.3 is 25.4 Å². The first-order chi connectivity index (χ1) is 17.9. The fourth-order valence-electron chi connectivity index (χ4n) is 4.25. The molecule has 0 aliphatic rings. The quantitative estimate of drug-likeness (QED) is 0.249. The van der Waals surface area contributed by atoms with Gasteiger partial charge in [0.1, 0.15) is 17.7 Å². The lowest BCUT2D eigenvalue weighted by atomic mass is 9.95. The van der Waals surface area contributed by atoms with Crippen molar-refractivity contribution in [1.29, 1.82) is 0 Å². The van der Waals surface area contributed by atoms with E-state index in [1.165, 1.54) is 11.3 Å². The molecule has 1 aromatic carbocycles. The van der Waals surface area contributed by atoms with E-state index in [0.29, 0.717) is 19.5 Å². The second kappa shape index (κ2) is 17.1. The zero-order valence-corrected chi connectivity index (χ0v) is 24.7. The minimum absolute atomic E-state index is 0.263. The van der Waals surface area contributed by atoms with E-state index < -0.39 is 36.3 Å². The first kappa shape index (κ1) is 33.4. The second-order valence-corrected chi connectivity index (χ2v) is 11.1. The molecule has 0 radical (unpaired) electrons. The molecule has 1 rings (SSSR count). The average molecular weight is 534 g/mol. The predicted octanol–water partition coefficient (Wildman–Crippen LogP) is 5.34. The molecule has 1 aromatic rings. The summed E-state index contributed by atoms with van der Waals surface area (Å²) in [6.45, 7) is 13.5. The van der Waals surface area contributed by atoms with Crippen LogP contribution in [0.4, 0.5) is 4.79 Å². The van der Waals surface area contributed by atoms with Gasteiger partial charge in [-0.05, 0) is 58.6 Å². The molecule has 3 amide bonds. The standard InChI is InChI=1S/C30H51N3O5/c1-8-10-12-13-14-15-19-33(28(36)25(21-34)32-29(37)38-30(5,6)7)26(27(35)31-18-11-9-2)24-20-22(3)16-17-23(24)4/h16-17,20,25-26,34H,8-15,18-19,21H2,1-7H3,(H,31,35)(H,32,37). The highest BCUT2D eigenvalue weighted by molar-refractivity contribution is 5.92. The van der Waals surface area contributed by atoms with E-state index in [4.69, 9.17) is 4.74 Å². The van der Waals surface area contributed by atoms with Gasteiger partial charge in [-0.3, -0.25) is 9.59 Å². The zero-order chi connectivity index (χ0) is 28.7. The highest BCUT2D eigenvalue weighted by Crippen LogP contribution is 2.27. The summed E-state index contributed by atoms with van der Waals surface area (Å²) in [7, 11) is 0. The number of aryl methyl sites for hydroxylation is 2. The number of nitrogens with one attached hydrogen (secondary N) is 2. The SMILES string of the molecule is CCCCCCCCN(C(=O)C(CO)NC(=O)OC(C)(C)C)C(C(=O)NCCCC)c1cc(C)ccc1C. The Morgan fingerprint density at radius 2 is 1.61 bits per heavy atom. The number of hydrogen-bond acceptors (Lipinski definition) is 5. The molecule has 2 unspecified atom stereocenters. The molecular weight excluding hydrogens is 482 g/mol. The molecule has 0 fully saturated rings. The Bertz CT molecular complexity index is 881. The maximum atomic E-state index is 13.9. The van der Waals surface area contributed by atoms with Gasteiger partial charge in [0, 0.05) is 13.1 Å². The maximum Gasteiger partial charge on any atom is 0.408 e. The van der Waals surface area contributed by atoms with Crippen LogP contribution in [0.2, 0.25) is 0 Å². The third-order valence-electron chi connectivity index (χ3n) is 6.33. The van der Waals surface area contributed by atoms with Crippen molar-refractivity contribution in [1.82, 2.24) is 15.5 Å². The van der Waals surface area contributed by atoms with Crippen molar-refractivity contribution in [2.24, 2.45) is 0 Å². The predicted molar refractivity (Wildman–Crippen MR) is 152 cm³/mol. The topological polar surface area (TPSA) is 108 Å². The number of unbranched alkanes of at least 4 members (excludes halogenated alkanes) is 6. The third-order valence-corrected chi connectivity index (χ3v) is 6.33. The van der Waals surface area contributed by atoms with E-state index in [1.54, 1.807) is 20.8 Å². The van der Waals surface area contributed by atoms with Crippen LogP contribution in [0.3, 0.4) is 0 Å².